The van der Waals surface area contributed by atoms with Crippen LogP contribution in [0.4, 0.5) is 14.9 Å². The van der Waals surface area contributed by atoms with Gasteiger partial charge in [0.1, 0.15) is 0 Å². The summed E-state index contributed by atoms with van der Waals surface area (Å²) in [6.07, 6.45) is 8.38. The molecule has 9 heteroatoms. The van der Waals surface area contributed by atoms with E-state index in [0.29, 0.717) is 24.8 Å². The van der Waals surface area contributed by atoms with E-state index in [1.54, 1.807) is 13.0 Å². The molecule has 0 heterocycles. The lowest BCUT2D eigenvalue weighted by atomic mass is 9.91. The smallest absolute Gasteiger partial charge is 0.321 e. The van der Waals surface area contributed by atoms with Crippen molar-refractivity contribution in [2.75, 3.05) is 19.7 Å². The number of carbonyl (C=O) groups excluding carboxylic acids is 2. The van der Waals surface area contributed by atoms with Gasteiger partial charge in [0.05, 0.1) is 24.8 Å². The monoisotopic (exact) mass is 478 g/mol. The molecule has 1 saturated carbocycles. The lowest BCUT2D eigenvalue weighted by molar-refractivity contribution is -0.142. The van der Waals surface area contributed by atoms with E-state index in [4.69, 9.17) is 9.47 Å². The van der Waals surface area contributed by atoms with Crippen molar-refractivity contribution < 1.29 is 23.5 Å². The van der Waals surface area contributed by atoms with Crippen LogP contribution in [0.1, 0.15) is 72.1 Å². The van der Waals surface area contributed by atoms with Crippen molar-refractivity contribution in [2.45, 2.75) is 78.2 Å². The number of guanidine groups is 1. The van der Waals surface area contributed by atoms with Gasteiger partial charge in [-0.2, -0.15) is 0 Å². The summed E-state index contributed by atoms with van der Waals surface area (Å²) in [5, 5.41) is 8.54. The number of carbonyl (C=O) groups is 2. The second-order valence-corrected chi connectivity index (χ2v) is 8.77. The molecule has 34 heavy (non-hydrogen) atoms. The van der Waals surface area contributed by atoms with E-state index in [1.165, 1.54) is 44.2 Å². The molecular weight excluding hydrogens is 439 g/mol. The van der Waals surface area contributed by atoms with E-state index in [2.05, 4.69) is 20.9 Å². The Labute approximate surface area is 202 Å². The fourth-order valence-electron chi connectivity index (χ4n) is 3.80. The first-order valence-electron chi connectivity index (χ1n) is 12.4. The highest BCUT2D eigenvalue weighted by Gasteiger charge is 2.14. The molecule has 0 unspecified atom stereocenters. The Morgan fingerprint density at radius 1 is 1.12 bits per heavy atom. The van der Waals surface area contributed by atoms with E-state index in [9.17, 15) is 14.0 Å². The van der Waals surface area contributed by atoms with Crippen LogP contribution in [-0.2, 0) is 9.53 Å². The number of esters is 1. The van der Waals surface area contributed by atoms with Crippen LogP contribution in [-0.4, -0.2) is 43.8 Å². The van der Waals surface area contributed by atoms with Gasteiger partial charge < -0.3 is 20.1 Å². The number of urea groups is 1. The lowest BCUT2D eigenvalue weighted by Crippen LogP contribution is -2.47. The number of rotatable bonds is 9. The van der Waals surface area contributed by atoms with E-state index in [-0.39, 0.29) is 36.7 Å². The van der Waals surface area contributed by atoms with Gasteiger partial charge in [0, 0.05) is 19.2 Å². The van der Waals surface area contributed by atoms with E-state index < -0.39 is 11.8 Å². The van der Waals surface area contributed by atoms with Crippen molar-refractivity contribution in [1.29, 1.82) is 0 Å². The Morgan fingerprint density at radius 2 is 1.82 bits per heavy atom. The van der Waals surface area contributed by atoms with E-state index in [0.717, 1.165) is 12.8 Å². The second-order valence-electron chi connectivity index (χ2n) is 8.77. The first-order valence-corrected chi connectivity index (χ1v) is 12.4. The summed E-state index contributed by atoms with van der Waals surface area (Å²) < 4.78 is 24.7. The van der Waals surface area contributed by atoms with E-state index >= 15 is 0 Å². The zero-order chi connectivity index (χ0) is 24.8. The minimum atomic E-state index is -0.520. The predicted molar refractivity (Wildman–Crippen MR) is 131 cm³/mol. The molecule has 1 aromatic carbocycles. The number of benzene rings is 1. The number of hydrogen-bond acceptors (Lipinski definition) is 5. The summed E-state index contributed by atoms with van der Waals surface area (Å²) in [6.45, 7) is 6.48. The fraction of sp³-hybridized carbons (Fsp3) is 0.640. The number of amides is 2. The summed E-state index contributed by atoms with van der Waals surface area (Å²) in [5.74, 6) is -0.0283. The third kappa shape index (κ3) is 10.9. The van der Waals surface area contributed by atoms with Gasteiger partial charge in [0.25, 0.3) is 0 Å². The molecular formula is C25H39FN4O4. The van der Waals surface area contributed by atoms with Crippen molar-refractivity contribution in [3.63, 3.8) is 0 Å². The summed E-state index contributed by atoms with van der Waals surface area (Å²) in [4.78, 5) is 28.3. The van der Waals surface area contributed by atoms with Crippen LogP contribution in [0.3, 0.4) is 0 Å². The average Bonchev–Trinajstić information content (AvgIpc) is 2.74. The number of ether oxygens (including phenoxy) is 2. The second kappa shape index (κ2) is 15.1. The molecule has 190 valence electrons. The summed E-state index contributed by atoms with van der Waals surface area (Å²) >= 11 is 0. The Balaban J connectivity index is 2.05. The number of nitrogens with zero attached hydrogens (tertiary/aromatic N) is 1. The largest absolute Gasteiger partial charge is 0.488 e. The molecule has 0 aliphatic heterocycles. The minimum Gasteiger partial charge on any atom is -0.488 e. The van der Waals surface area contributed by atoms with Gasteiger partial charge in [0.15, 0.2) is 11.6 Å². The average molecular weight is 479 g/mol. The van der Waals surface area contributed by atoms with Gasteiger partial charge in [-0.3, -0.25) is 10.1 Å². The molecule has 1 fully saturated rings. The van der Waals surface area contributed by atoms with Crippen LogP contribution in [0.25, 0.3) is 0 Å². The van der Waals surface area contributed by atoms with Crippen LogP contribution >= 0.6 is 0 Å². The molecule has 0 saturated heterocycles. The standard InChI is InChI=1S/C25H39FN4O4/c1-4-33-23(31)14-15-27-25(32)30-24(28-17-19-10-8-6-5-7-9-11-19)29-20-12-13-22(21(26)16-20)34-18(2)3/h12-13,16,18-19H,4-11,14-15,17H2,1-3H3,(H3,27,28,29,30,32). The first kappa shape index (κ1) is 27.4. The van der Waals surface area contributed by atoms with Crippen LogP contribution < -0.4 is 20.7 Å². The first-order chi connectivity index (χ1) is 16.4. The Hall–Kier alpha value is -2.84. The van der Waals surface area contributed by atoms with E-state index in [1.807, 2.05) is 13.8 Å². The fourth-order valence-corrected chi connectivity index (χ4v) is 3.80. The van der Waals surface area contributed by atoms with Gasteiger partial charge >= 0.3 is 12.0 Å². The topological polar surface area (TPSA) is 101 Å². The summed E-state index contributed by atoms with van der Waals surface area (Å²) in [7, 11) is 0. The Kier molecular flexibility index (Phi) is 12.2. The molecule has 0 aromatic heterocycles. The molecule has 0 radical (unpaired) electrons. The van der Waals surface area contributed by atoms with Gasteiger partial charge in [-0.1, -0.05) is 32.1 Å². The zero-order valence-electron chi connectivity index (χ0n) is 20.6. The third-order valence-electron chi connectivity index (χ3n) is 5.45. The molecule has 0 spiro atoms. The normalized spacial score (nSPS) is 15.3. The maximum absolute atomic E-state index is 14.4. The van der Waals surface area contributed by atoms with Crippen LogP contribution in [0.15, 0.2) is 23.2 Å². The van der Waals surface area contributed by atoms with Gasteiger partial charge in [0.2, 0.25) is 5.96 Å². The summed E-state index contributed by atoms with van der Waals surface area (Å²) in [6, 6.07) is 3.93. The molecule has 0 bridgehead atoms. The Bertz CT molecular complexity index is 808. The molecule has 1 aliphatic carbocycles. The molecule has 1 aromatic rings. The van der Waals surface area contributed by atoms with Crippen molar-refractivity contribution in [3.8, 4) is 5.75 Å². The maximum Gasteiger partial charge on any atom is 0.321 e. The molecule has 8 nitrogen and oxygen atoms in total. The quantitative estimate of drug-likeness (QED) is 0.269. The van der Waals surface area contributed by atoms with Gasteiger partial charge in [-0.05, 0) is 51.7 Å². The number of aliphatic imine (C=N–C) groups is 1. The molecule has 2 rings (SSSR count). The number of nitrogens with one attached hydrogen (secondary N) is 3. The van der Waals surface area contributed by atoms with Crippen LogP contribution in [0.5, 0.6) is 5.75 Å². The van der Waals surface area contributed by atoms with Gasteiger partial charge in [-0.25, -0.2) is 14.2 Å². The SMILES string of the molecule is CCOC(=O)CCNC(=O)N/C(=N\c1ccc(OC(C)C)c(F)c1)NCC1CCCCCCC1. The van der Waals surface area contributed by atoms with Crippen LogP contribution in [0.2, 0.25) is 0 Å². The molecule has 3 N–H and O–H groups in total. The van der Waals surface area contributed by atoms with Crippen molar-refractivity contribution >= 4 is 23.6 Å². The number of halogens is 1. The molecule has 1 aliphatic rings. The highest BCUT2D eigenvalue weighted by molar-refractivity contribution is 5.97. The number of hydrogen-bond donors (Lipinski definition) is 3. The lowest BCUT2D eigenvalue weighted by Gasteiger charge is -2.21. The van der Waals surface area contributed by atoms with Gasteiger partial charge in [-0.15, -0.1) is 0 Å². The molecule has 0 atom stereocenters. The zero-order valence-corrected chi connectivity index (χ0v) is 20.6. The van der Waals surface area contributed by atoms with Crippen LogP contribution in [0, 0.1) is 11.7 Å². The predicted octanol–water partition coefficient (Wildman–Crippen LogP) is 4.80. The highest BCUT2D eigenvalue weighted by Crippen LogP contribution is 2.24. The Morgan fingerprint density at radius 3 is 2.47 bits per heavy atom. The van der Waals surface area contributed by atoms with Crippen molar-refractivity contribution in [1.82, 2.24) is 16.0 Å². The maximum atomic E-state index is 14.4. The minimum absolute atomic E-state index is 0.0752. The molecule has 2 amide bonds. The van der Waals surface area contributed by atoms with Crippen molar-refractivity contribution in [3.05, 3.63) is 24.0 Å². The summed E-state index contributed by atoms with van der Waals surface area (Å²) in [5.41, 5.74) is 0.348. The highest BCUT2D eigenvalue weighted by atomic mass is 19.1. The van der Waals surface area contributed by atoms with Crippen molar-refractivity contribution in [2.24, 2.45) is 10.9 Å². The third-order valence-corrected chi connectivity index (χ3v) is 5.45.